The van der Waals surface area contributed by atoms with Gasteiger partial charge in [0.15, 0.2) is 6.10 Å². The second-order valence-corrected chi connectivity index (χ2v) is 4.27. The Labute approximate surface area is 104 Å². The molecule has 104 valence electrons. The van der Waals surface area contributed by atoms with Gasteiger partial charge in [-0.25, -0.2) is 9.59 Å². The fourth-order valence-corrected chi connectivity index (χ4v) is 1.46. The Morgan fingerprint density at radius 3 is 2.78 bits per heavy atom. The second-order valence-electron chi connectivity index (χ2n) is 3.45. The van der Waals surface area contributed by atoms with Crippen LogP contribution in [-0.2, 0) is 28.4 Å². The summed E-state index contributed by atoms with van der Waals surface area (Å²) in [7, 11) is 0. The van der Waals surface area contributed by atoms with E-state index in [9.17, 15) is 23.6 Å². The van der Waals surface area contributed by atoms with Gasteiger partial charge in [0.2, 0.25) is 0 Å². The Kier molecular flexibility index (Phi) is 5.26. The molecule has 0 aromatic carbocycles. The number of esters is 2. The minimum Gasteiger partial charge on any atom is -0.691 e. The van der Waals surface area contributed by atoms with Gasteiger partial charge in [0.1, 0.15) is 12.0 Å². The van der Waals surface area contributed by atoms with Crippen LogP contribution in [0.3, 0.4) is 0 Å². The summed E-state index contributed by atoms with van der Waals surface area (Å²) in [4.78, 5) is 22.3. The number of halogens is 2. The molecule has 2 unspecified atom stereocenters. The second kappa shape index (κ2) is 6.27. The molecule has 0 saturated carbocycles. The van der Waals surface area contributed by atoms with Gasteiger partial charge in [-0.1, -0.05) is 0 Å². The zero-order valence-electron chi connectivity index (χ0n) is 9.09. The van der Waals surface area contributed by atoms with Crippen LogP contribution in [0.5, 0.6) is 0 Å². The van der Waals surface area contributed by atoms with Crippen LogP contribution in [0.4, 0.5) is 8.78 Å². The maximum absolute atomic E-state index is 13.0. The number of carbonyl (C=O) groups is 2. The lowest BCUT2D eigenvalue weighted by Crippen LogP contribution is -2.40. The predicted molar refractivity (Wildman–Crippen MR) is 49.4 cm³/mol. The van der Waals surface area contributed by atoms with E-state index in [-0.39, 0.29) is 12.5 Å². The Balaban J connectivity index is 2.51. The van der Waals surface area contributed by atoms with E-state index in [0.29, 0.717) is 6.42 Å². The van der Waals surface area contributed by atoms with Crippen LogP contribution in [0.2, 0.25) is 0 Å². The van der Waals surface area contributed by atoms with Gasteiger partial charge in [0, 0.05) is 0 Å². The smallest absolute Gasteiger partial charge is 0.415 e. The van der Waals surface area contributed by atoms with Crippen LogP contribution >= 0.6 is 12.0 Å². The molecule has 7 nitrogen and oxygen atoms in total. The fourth-order valence-electron chi connectivity index (χ4n) is 1.23. The van der Waals surface area contributed by atoms with Crippen molar-refractivity contribution in [2.45, 2.75) is 37.2 Å². The van der Waals surface area contributed by atoms with Gasteiger partial charge >= 0.3 is 17.2 Å². The number of hydrogen-bond donors (Lipinski definition) is 0. The van der Waals surface area contributed by atoms with Gasteiger partial charge in [0.25, 0.3) is 0 Å². The summed E-state index contributed by atoms with van der Waals surface area (Å²) < 4.78 is 38.3. The summed E-state index contributed by atoms with van der Waals surface area (Å²) in [6.45, 7) is 1.62. The van der Waals surface area contributed by atoms with E-state index < -0.39 is 35.3 Å². The lowest BCUT2D eigenvalue weighted by Gasteiger charge is -2.26. The van der Waals surface area contributed by atoms with E-state index in [2.05, 4.69) is 14.1 Å². The lowest BCUT2D eigenvalue weighted by molar-refractivity contribution is -0.777. The summed E-state index contributed by atoms with van der Waals surface area (Å²) in [5.41, 5.74) is 0. The molecule has 2 atom stereocenters. The van der Waals surface area contributed by atoms with Crippen LogP contribution in [0.1, 0.15) is 19.8 Å². The van der Waals surface area contributed by atoms with Gasteiger partial charge in [-0.3, -0.25) is 5.04 Å². The van der Waals surface area contributed by atoms with Crippen molar-refractivity contribution in [1.82, 2.24) is 0 Å². The normalized spacial score (nSPS) is 24.6. The molecule has 0 amide bonds. The number of rotatable bonds is 5. The first-order chi connectivity index (χ1) is 8.36. The first-order valence-electron chi connectivity index (χ1n) is 4.80. The van der Waals surface area contributed by atoms with Crippen molar-refractivity contribution in [2.24, 2.45) is 0 Å². The molecule has 1 heterocycles. The maximum atomic E-state index is 13.0. The third-order valence-electron chi connectivity index (χ3n) is 2.07. The summed E-state index contributed by atoms with van der Waals surface area (Å²) >= 11 is -0.818. The SMILES string of the molecule is CC1CCC(OC(=O)C(F)(F)SOO[O-])C(=O)O1. The number of carbonyl (C=O) groups excluding carboxylic acids is 2. The van der Waals surface area contributed by atoms with E-state index in [4.69, 9.17) is 4.74 Å². The molecule has 0 aromatic heterocycles. The quantitative estimate of drug-likeness (QED) is 0.304. The lowest BCUT2D eigenvalue weighted by atomic mass is 10.1. The van der Waals surface area contributed by atoms with Crippen molar-refractivity contribution in [2.75, 3.05) is 0 Å². The Morgan fingerprint density at radius 1 is 1.56 bits per heavy atom. The molecular weight excluding hydrogens is 278 g/mol. The molecule has 0 radical (unpaired) electrons. The molecule has 18 heavy (non-hydrogen) atoms. The Bertz CT molecular complexity index is 325. The van der Waals surface area contributed by atoms with Crippen LogP contribution in [0, 0.1) is 0 Å². The van der Waals surface area contributed by atoms with E-state index in [1.165, 1.54) is 0 Å². The minimum atomic E-state index is -4.16. The molecule has 1 saturated heterocycles. The van der Waals surface area contributed by atoms with Crippen molar-refractivity contribution in [3.63, 3.8) is 0 Å². The molecule has 0 aromatic rings. The summed E-state index contributed by atoms with van der Waals surface area (Å²) in [5.74, 6) is -2.90. The zero-order chi connectivity index (χ0) is 13.8. The minimum absolute atomic E-state index is 0.0887. The van der Waals surface area contributed by atoms with Gasteiger partial charge < -0.3 is 14.7 Å². The molecule has 0 N–H and O–H groups in total. The number of ether oxygens (including phenoxy) is 2. The van der Waals surface area contributed by atoms with Crippen LogP contribution < -0.4 is 5.26 Å². The number of hydrogen-bond acceptors (Lipinski definition) is 8. The van der Waals surface area contributed by atoms with Gasteiger partial charge in [0.05, 0.1) is 6.10 Å². The van der Waals surface area contributed by atoms with E-state index in [1.54, 1.807) is 6.92 Å². The topological polar surface area (TPSA) is 94.1 Å². The van der Waals surface area contributed by atoms with E-state index in [0.717, 1.165) is 0 Å². The van der Waals surface area contributed by atoms with Crippen molar-refractivity contribution < 1.29 is 42.5 Å². The van der Waals surface area contributed by atoms with Crippen LogP contribution in [0.15, 0.2) is 0 Å². The highest BCUT2D eigenvalue weighted by Gasteiger charge is 2.46. The summed E-state index contributed by atoms with van der Waals surface area (Å²) in [6.07, 6.45) is -1.25. The molecule has 0 aliphatic carbocycles. The average molecular weight is 287 g/mol. The molecule has 1 rings (SSSR count). The van der Waals surface area contributed by atoms with E-state index >= 15 is 0 Å². The highest BCUT2D eigenvalue weighted by molar-refractivity contribution is 7.96. The largest absolute Gasteiger partial charge is 0.691 e. The van der Waals surface area contributed by atoms with Gasteiger partial charge in [-0.15, -0.1) is 0 Å². The maximum Gasteiger partial charge on any atom is 0.415 e. The van der Waals surface area contributed by atoms with Crippen molar-refractivity contribution in [3.8, 4) is 0 Å². The monoisotopic (exact) mass is 287 g/mol. The molecule has 0 bridgehead atoms. The van der Waals surface area contributed by atoms with Crippen LogP contribution in [0.25, 0.3) is 0 Å². The summed E-state index contributed by atoms with van der Waals surface area (Å²) in [6, 6.07) is 0. The molecule has 1 aliphatic rings. The highest BCUT2D eigenvalue weighted by atomic mass is 32.2. The van der Waals surface area contributed by atoms with Crippen molar-refractivity contribution in [3.05, 3.63) is 0 Å². The van der Waals surface area contributed by atoms with E-state index in [1.807, 2.05) is 0 Å². The summed E-state index contributed by atoms with van der Waals surface area (Å²) in [5, 5.41) is 7.90. The Hall–Kier alpha value is -0.970. The standard InChI is InChI=1S/C8H10F2O7S/c1-4-2-3-5(6(11)14-4)15-7(12)8(9,10)18-17-16-13/h4-5,13H,2-3H2,1H3/p-1. The number of alkyl halides is 2. The molecule has 1 aliphatic heterocycles. The van der Waals surface area contributed by atoms with Gasteiger partial charge in [-0.05, 0) is 19.8 Å². The first-order valence-corrected chi connectivity index (χ1v) is 5.54. The molecule has 1 fully saturated rings. The van der Waals surface area contributed by atoms with Crippen molar-refractivity contribution in [1.29, 1.82) is 0 Å². The van der Waals surface area contributed by atoms with Crippen molar-refractivity contribution >= 4 is 24.0 Å². The molecule has 0 spiro atoms. The fraction of sp³-hybridized carbons (Fsp3) is 0.750. The predicted octanol–water partition coefficient (Wildman–Crippen LogP) is 0.0882. The van der Waals surface area contributed by atoms with Crippen LogP contribution in [-0.4, -0.2) is 29.4 Å². The Morgan fingerprint density at radius 2 is 2.22 bits per heavy atom. The third kappa shape index (κ3) is 4.05. The zero-order valence-corrected chi connectivity index (χ0v) is 9.91. The molecular formula is C8H9F2O7S-. The number of cyclic esters (lactones) is 1. The first kappa shape index (κ1) is 15.1. The molecule has 10 heteroatoms. The van der Waals surface area contributed by atoms with Gasteiger partial charge in [-0.2, -0.15) is 13.1 Å². The average Bonchev–Trinajstić information content (AvgIpc) is 2.30. The highest BCUT2D eigenvalue weighted by Crippen LogP contribution is 2.32. The third-order valence-corrected chi connectivity index (χ3v) is 2.57.